The quantitative estimate of drug-likeness (QED) is 0.489. The standard InChI is InChI=1S/C22H21Cl2NO2/c1-15-5-3-8-19(9-15)25-13-17-11-20(24)22(21(12-17)26-2)27-14-16-6-4-7-18(23)10-16/h3-12,25H,13-14H2,1-2H3. The van der Waals surface area contributed by atoms with Gasteiger partial charge in [-0.1, -0.05) is 47.5 Å². The second kappa shape index (κ2) is 9.03. The summed E-state index contributed by atoms with van der Waals surface area (Å²) < 4.78 is 11.4. The van der Waals surface area contributed by atoms with Crippen molar-refractivity contribution in [3.8, 4) is 11.5 Å². The van der Waals surface area contributed by atoms with Gasteiger partial charge in [0.25, 0.3) is 0 Å². The average Bonchev–Trinajstić information content (AvgIpc) is 2.65. The summed E-state index contributed by atoms with van der Waals surface area (Å²) in [4.78, 5) is 0. The fourth-order valence-electron chi connectivity index (χ4n) is 2.76. The number of benzene rings is 3. The van der Waals surface area contributed by atoms with Crippen LogP contribution in [0.2, 0.25) is 10.0 Å². The number of anilines is 1. The molecule has 0 spiro atoms. The van der Waals surface area contributed by atoms with Crippen LogP contribution in [0.4, 0.5) is 5.69 Å². The predicted octanol–water partition coefficient (Wildman–Crippen LogP) is 6.50. The first-order valence-electron chi connectivity index (χ1n) is 8.59. The van der Waals surface area contributed by atoms with E-state index in [0.29, 0.717) is 34.7 Å². The van der Waals surface area contributed by atoms with Gasteiger partial charge in [-0.15, -0.1) is 0 Å². The first-order valence-corrected chi connectivity index (χ1v) is 9.35. The zero-order valence-corrected chi connectivity index (χ0v) is 16.8. The topological polar surface area (TPSA) is 30.5 Å². The number of ether oxygens (including phenoxy) is 2. The highest BCUT2D eigenvalue weighted by atomic mass is 35.5. The lowest BCUT2D eigenvalue weighted by molar-refractivity contribution is 0.284. The lowest BCUT2D eigenvalue weighted by Crippen LogP contribution is -2.03. The molecule has 0 bridgehead atoms. The number of hydrogen-bond acceptors (Lipinski definition) is 3. The summed E-state index contributed by atoms with van der Waals surface area (Å²) in [6.07, 6.45) is 0. The van der Waals surface area contributed by atoms with Crippen LogP contribution in [0.3, 0.4) is 0 Å². The number of hydrogen-bond donors (Lipinski definition) is 1. The summed E-state index contributed by atoms with van der Waals surface area (Å²) in [7, 11) is 1.61. The molecule has 3 aromatic rings. The Balaban J connectivity index is 1.72. The maximum atomic E-state index is 6.46. The summed E-state index contributed by atoms with van der Waals surface area (Å²) >= 11 is 12.5. The molecule has 0 unspecified atom stereocenters. The van der Waals surface area contributed by atoms with Gasteiger partial charge < -0.3 is 14.8 Å². The van der Waals surface area contributed by atoms with Gasteiger partial charge in [-0.05, 0) is 60.0 Å². The van der Waals surface area contributed by atoms with Gasteiger partial charge in [0.05, 0.1) is 12.1 Å². The molecule has 0 saturated heterocycles. The van der Waals surface area contributed by atoms with E-state index in [4.69, 9.17) is 32.7 Å². The van der Waals surface area contributed by atoms with Crippen molar-refractivity contribution in [2.75, 3.05) is 12.4 Å². The van der Waals surface area contributed by atoms with E-state index < -0.39 is 0 Å². The highest BCUT2D eigenvalue weighted by Crippen LogP contribution is 2.37. The third-order valence-electron chi connectivity index (χ3n) is 4.08. The largest absolute Gasteiger partial charge is 0.493 e. The van der Waals surface area contributed by atoms with Gasteiger partial charge >= 0.3 is 0 Å². The molecule has 0 aliphatic rings. The van der Waals surface area contributed by atoms with E-state index in [-0.39, 0.29) is 0 Å². The SMILES string of the molecule is COc1cc(CNc2cccc(C)c2)cc(Cl)c1OCc1cccc(Cl)c1. The average molecular weight is 402 g/mol. The van der Waals surface area contributed by atoms with Crippen LogP contribution >= 0.6 is 23.2 Å². The fraction of sp³-hybridized carbons (Fsp3) is 0.182. The van der Waals surface area contributed by atoms with Gasteiger partial charge in [-0.25, -0.2) is 0 Å². The van der Waals surface area contributed by atoms with Crippen LogP contribution in [0.15, 0.2) is 60.7 Å². The molecule has 0 aromatic heterocycles. The van der Waals surface area contributed by atoms with E-state index in [2.05, 4.69) is 24.4 Å². The van der Waals surface area contributed by atoms with E-state index in [1.165, 1.54) is 5.56 Å². The number of nitrogens with one attached hydrogen (secondary N) is 1. The second-order valence-electron chi connectivity index (χ2n) is 6.25. The summed E-state index contributed by atoms with van der Waals surface area (Å²) in [5, 5.41) is 4.58. The van der Waals surface area contributed by atoms with Crippen molar-refractivity contribution in [1.29, 1.82) is 0 Å². The van der Waals surface area contributed by atoms with Crippen molar-refractivity contribution in [2.45, 2.75) is 20.1 Å². The van der Waals surface area contributed by atoms with E-state index in [0.717, 1.165) is 16.8 Å². The monoisotopic (exact) mass is 401 g/mol. The summed E-state index contributed by atoms with van der Waals surface area (Å²) in [5.41, 5.74) is 4.24. The van der Waals surface area contributed by atoms with Gasteiger partial charge in [-0.3, -0.25) is 0 Å². The van der Waals surface area contributed by atoms with Gasteiger partial charge in [0.15, 0.2) is 11.5 Å². The van der Waals surface area contributed by atoms with Gasteiger partial charge in [-0.2, -0.15) is 0 Å². The molecule has 0 aliphatic carbocycles. The third-order valence-corrected chi connectivity index (χ3v) is 4.59. The van der Waals surface area contributed by atoms with Crippen LogP contribution in [-0.2, 0) is 13.2 Å². The molecule has 0 radical (unpaired) electrons. The Bertz CT molecular complexity index is 928. The molecule has 140 valence electrons. The number of aryl methyl sites for hydroxylation is 1. The first kappa shape index (κ1) is 19.4. The number of halogens is 2. The van der Waals surface area contributed by atoms with E-state index in [1.807, 2.05) is 48.5 Å². The Morgan fingerprint density at radius 1 is 0.926 bits per heavy atom. The molecule has 27 heavy (non-hydrogen) atoms. The van der Waals surface area contributed by atoms with Crippen LogP contribution in [0.1, 0.15) is 16.7 Å². The Kier molecular flexibility index (Phi) is 6.49. The molecule has 3 aromatic carbocycles. The highest BCUT2D eigenvalue weighted by Gasteiger charge is 2.12. The van der Waals surface area contributed by atoms with Gasteiger partial charge in [0.1, 0.15) is 6.61 Å². The minimum Gasteiger partial charge on any atom is -0.493 e. The van der Waals surface area contributed by atoms with E-state index in [1.54, 1.807) is 7.11 Å². The molecule has 3 rings (SSSR count). The van der Waals surface area contributed by atoms with Crippen LogP contribution in [0.25, 0.3) is 0 Å². The summed E-state index contributed by atoms with van der Waals surface area (Å²) in [5.74, 6) is 1.13. The van der Waals surface area contributed by atoms with Crippen molar-refractivity contribution in [1.82, 2.24) is 0 Å². The van der Waals surface area contributed by atoms with Crippen molar-refractivity contribution in [3.05, 3.63) is 87.4 Å². The molecule has 0 heterocycles. The smallest absolute Gasteiger partial charge is 0.180 e. The molecule has 0 saturated carbocycles. The minimum absolute atomic E-state index is 0.359. The van der Waals surface area contributed by atoms with Crippen molar-refractivity contribution < 1.29 is 9.47 Å². The third kappa shape index (κ3) is 5.31. The van der Waals surface area contributed by atoms with Crippen molar-refractivity contribution in [3.63, 3.8) is 0 Å². The Labute approximate surface area is 169 Å². The molecule has 0 amide bonds. The molecule has 0 atom stereocenters. The Morgan fingerprint density at radius 3 is 2.48 bits per heavy atom. The molecule has 0 aliphatic heterocycles. The molecular formula is C22H21Cl2NO2. The molecule has 0 fully saturated rings. The molecule has 1 N–H and O–H groups in total. The minimum atomic E-state index is 0.359. The van der Waals surface area contributed by atoms with Crippen LogP contribution < -0.4 is 14.8 Å². The number of rotatable bonds is 7. The van der Waals surface area contributed by atoms with Gasteiger partial charge in [0.2, 0.25) is 0 Å². The zero-order chi connectivity index (χ0) is 19.2. The highest BCUT2D eigenvalue weighted by molar-refractivity contribution is 6.32. The summed E-state index contributed by atoms with van der Waals surface area (Å²) in [6, 6.07) is 19.6. The normalized spacial score (nSPS) is 10.5. The van der Waals surface area contributed by atoms with E-state index in [9.17, 15) is 0 Å². The molecule has 3 nitrogen and oxygen atoms in total. The predicted molar refractivity (Wildman–Crippen MR) is 112 cm³/mol. The zero-order valence-electron chi connectivity index (χ0n) is 15.3. The van der Waals surface area contributed by atoms with Gasteiger partial charge in [0, 0.05) is 17.3 Å². The number of methoxy groups -OCH3 is 1. The van der Waals surface area contributed by atoms with E-state index >= 15 is 0 Å². The lowest BCUT2D eigenvalue weighted by atomic mass is 10.1. The van der Waals surface area contributed by atoms with Crippen LogP contribution in [0, 0.1) is 6.92 Å². The lowest BCUT2D eigenvalue weighted by Gasteiger charge is -2.15. The Hall–Kier alpha value is -2.36. The maximum absolute atomic E-state index is 6.46. The van der Waals surface area contributed by atoms with Crippen LogP contribution in [0.5, 0.6) is 11.5 Å². The molecule has 5 heteroatoms. The van der Waals surface area contributed by atoms with Crippen molar-refractivity contribution >= 4 is 28.9 Å². The van der Waals surface area contributed by atoms with Crippen LogP contribution in [-0.4, -0.2) is 7.11 Å². The second-order valence-corrected chi connectivity index (χ2v) is 7.09. The van der Waals surface area contributed by atoms with Crippen molar-refractivity contribution in [2.24, 2.45) is 0 Å². The Morgan fingerprint density at radius 2 is 1.74 bits per heavy atom. The maximum Gasteiger partial charge on any atom is 0.180 e. The fourth-order valence-corrected chi connectivity index (χ4v) is 3.26. The molecular weight excluding hydrogens is 381 g/mol. The first-order chi connectivity index (χ1) is 13.0. The summed E-state index contributed by atoms with van der Waals surface area (Å²) in [6.45, 7) is 3.06.